The predicted molar refractivity (Wildman–Crippen MR) is 123 cm³/mol. The van der Waals surface area contributed by atoms with Crippen LogP contribution in [-0.2, 0) is 12.6 Å². The summed E-state index contributed by atoms with van der Waals surface area (Å²) in [5.41, 5.74) is 5.96. The maximum Gasteiger partial charge on any atom is 0.417 e. The number of aryl methyl sites for hydroxylation is 1. The highest BCUT2D eigenvalue weighted by Gasteiger charge is 2.35. The molecular formula is C24H20F3N3O2S. The molecule has 2 heterocycles. The zero-order chi connectivity index (χ0) is 23.6. The van der Waals surface area contributed by atoms with Crippen molar-refractivity contribution in [1.29, 1.82) is 0 Å². The zero-order valence-corrected chi connectivity index (χ0v) is 18.4. The molecule has 5 nitrogen and oxygen atoms in total. The summed E-state index contributed by atoms with van der Waals surface area (Å²) in [5.74, 6) is 0.812. The van der Waals surface area contributed by atoms with Crippen LogP contribution in [0.1, 0.15) is 26.5 Å². The van der Waals surface area contributed by atoms with Crippen LogP contribution in [0, 0.1) is 6.92 Å². The molecule has 2 aromatic carbocycles. The van der Waals surface area contributed by atoms with Gasteiger partial charge in [-0.2, -0.15) is 13.2 Å². The number of nitrogens with two attached hydrogens (primary N) is 1. The van der Waals surface area contributed by atoms with Gasteiger partial charge in [-0.15, -0.1) is 11.3 Å². The Morgan fingerprint density at radius 1 is 1.12 bits per heavy atom. The molecule has 0 radical (unpaired) electrons. The van der Waals surface area contributed by atoms with Crippen LogP contribution in [0.25, 0.3) is 10.2 Å². The number of carbonyl (C=O) groups is 1. The number of ether oxygens (including phenoxy) is 1. The summed E-state index contributed by atoms with van der Waals surface area (Å²) in [6, 6.07) is 17.7. The smallest absolute Gasteiger partial charge is 0.417 e. The van der Waals surface area contributed by atoms with Crippen molar-refractivity contribution >= 4 is 33.1 Å². The van der Waals surface area contributed by atoms with E-state index < -0.39 is 17.6 Å². The van der Waals surface area contributed by atoms with E-state index in [-0.39, 0.29) is 33.0 Å². The molecule has 9 heteroatoms. The van der Waals surface area contributed by atoms with Gasteiger partial charge in [-0.3, -0.25) is 4.79 Å². The topological polar surface area (TPSA) is 77.2 Å². The first-order chi connectivity index (χ1) is 15.7. The lowest BCUT2D eigenvalue weighted by Crippen LogP contribution is -2.25. The third kappa shape index (κ3) is 4.93. The van der Waals surface area contributed by atoms with Crippen molar-refractivity contribution in [3.05, 3.63) is 82.4 Å². The van der Waals surface area contributed by atoms with E-state index in [0.29, 0.717) is 17.9 Å². The minimum Gasteiger partial charge on any atom is -0.457 e. The van der Waals surface area contributed by atoms with Gasteiger partial charge in [-0.25, -0.2) is 4.98 Å². The Kier molecular flexibility index (Phi) is 6.24. The number of nitrogens with zero attached hydrogens (tertiary/aromatic N) is 1. The summed E-state index contributed by atoms with van der Waals surface area (Å²) < 4.78 is 46.4. The van der Waals surface area contributed by atoms with Crippen LogP contribution in [0.5, 0.6) is 11.5 Å². The molecule has 0 spiro atoms. The Bertz CT molecular complexity index is 1300. The molecule has 1 amide bonds. The Labute approximate surface area is 192 Å². The van der Waals surface area contributed by atoms with Gasteiger partial charge in [-0.05, 0) is 43.2 Å². The fourth-order valence-corrected chi connectivity index (χ4v) is 4.53. The molecule has 4 aromatic rings. The average molecular weight is 472 g/mol. The first-order valence-electron chi connectivity index (χ1n) is 10.1. The van der Waals surface area contributed by atoms with Crippen LogP contribution < -0.4 is 15.8 Å². The number of thiophene rings is 1. The van der Waals surface area contributed by atoms with Gasteiger partial charge in [0.1, 0.15) is 21.2 Å². The SMILES string of the molecule is Cc1cc(C(F)(F)F)c2c(N)c(C(=O)NCCc3ccccc3Oc3ccccc3)sc2n1. The van der Waals surface area contributed by atoms with Gasteiger partial charge in [0.15, 0.2) is 0 Å². The number of nitrogens with one attached hydrogen (secondary N) is 1. The lowest BCUT2D eigenvalue weighted by molar-refractivity contribution is -0.136. The van der Waals surface area contributed by atoms with Crippen molar-refractivity contribution in [2.24, 2.45) is 0 Å². The molecule has 4 rings (SSSR count). The van der Waals surface area contributed by atoms with E-state index in [0.717, 1.165) is 23.0 Å². The number of aromatic nitrogens is 1. The Balaban J connectivity index is 1.50. The van der Waals surface area contributed by atoms with E-state index in [9.17, 15) is 18.0 Å². The fraction of sp³-hybridized carbons (Fsp3) is 0.167. The van der Waals surface area contributed by atoms with Crippen LogP contribution in [0.15, 0.2) is 60.7 Å². The fourth-order valence-electron chi connectivity index (χ4n) is 3.45. The number of pyridine rings is 1. The summed E-state index contributed by atoms with van der Waals surface area (Å²) in [6.45, 7) is 1.72. The lowest BCUT2D eigenvalue weighted by atomic mass is 10.1. The van der Waals surface area contributed by atoms with Crippen molar-refractivity contribution in [3.8, 4) is 11.5 Å². The van der Waals surface area contributed by atoms with Crippen molar-refractivity contribution in [3.63, 3.8) is 0 Å². The minimum absolute atomic E-state index is 0.0161. The monoisotopic (exact) mass is 471 g/mol. The Morgan fingerprint density at radius 3 is 2.55 bits per heavy atom. The Morgan fingerprint density at radius 2 is 1.82 bits per heavy atom. The molecule has 0 saturated heterocycles. The molecule has 3 N–H and O–H groups in total. The first kappa shape index (κ1) is 22.6. The highest BCUT2D eigenvalue weighted by molar-refractivity contribution is 7.21. The van der Waals surface area contributed by atoms with E-state index in [1.165, 1.54) is 6.92 Å². The molecule has 0 atom stereocenters. The molecule has 33 heavy (non-hydrogen) atoms. The van der Waals surface area contributed by atoms with Gasteiger partial charge >= 0.3 is 6.18 Å². The van der Waals surface area contributed by atoms with Crippen molar-refractivity contribution in [2.75, 3.05) is 12.3 Å². The van der Waals surface area contributed by atoms with Crippen LogP contribution in [-0.4, -0.2) is 17.4 Å². The molecule has 0 aliphatic heterocycles. The number of rotatable bonds is 6. The number of benzene rings is 2. The summed E-state index contributed by atoms with van der Waals surface area (Å²) in [4.78, 5) is 17.0. The van der Waals surface area contributed by atoms with Crippen molar-refractivity contribution < 1.29 is 22.7 Å². The number of fused-ring (bicyclic) bond motifs is 1. The average Bonchev–Trinajstić information content (AvgIpc) is 3.10. The Hall–Kier alpha value is -3.59. The van der Waals surface area contributed by atoms with Crippen LogP contribution in [0.4, 0.5) is 18.9 Å². The second-order valence-corrected chi connectivity index (χ2v) is 8.36. The number of nitrogen functional groups attached to an aromatic ring is 1. The second-order valence-electron chi connectivity index (χ2n) is 7.36. The number of carbonyl (C=O) groups excluding carboxylic acids is 1. The second kappa shape index (κ2) is 9.11. The lowest BCUT2D eigenvalue weighted by Gasteiger charge is -2.11. The van der Waals surface area contributed by atoms with Gasteiger partial charge in [0, 0.05) is 17.6 Å². The predicted octanol–water partition coefficient (Wildman–Crippen LogP) is 5.97. The van der Waals surface area contributed by atoms with Gasteiger partial charge in [0.25, 0.3) is 5.91 Å². The van der Waals surface area contributed by atoms with Crippen LogP contribution in [0.3, 0.4) is 0 Å². The molecule has 0 bridgehead atoms. The first-order valence-corrected chi connectivity index (χ1v) is 10.9. The van der Waals surface area contributed by atoms with Gasteiger partial charge in [0.05, 0.1) is 11.3 Å². The molecule has 0 saturated carbocycles. The summed E-state index contributed by atoms with van der Waals surface area (Å²) in [6.07, 6.45) is -4.14. The minimum atomic E-state index is -4.60. The zero-order valence-electron chi connectivity index (χ0n) is 17.6. The van der Waals surface area contributed by atoms with E-state index in [1.54, 1.807) is 0 Å². The number of halogens is 3. The summed E-state index contributed by atoms with van der Waals surface area (Å²) in [7, 11) is 0. The van der Waals surface area contributed by atoms with E-state index in [4.69, 9.17) is 10.5 Å². The molecule has 0 unspecified atom stereocenters. The van der Waals surface area contributed by atoms with Gasteiger partial charge in [0.2, 0.25) is 0 Å². The third-order valence-electron chi connectivity index (χ3n) is 4.96. The van der Waals surface area contributed by atoms with E-state index in [2.05, 4.69) is 10.3 Å². The van der Waals surface area contributed by atoms with Gasteiger partial charge < -0.3 is 15.8 Å². The molecular weight excluding hydrogens is 451 g/mol. The third-order valence-corrected chi connectivity index (χ3v) is 6.06. The normalized spacial score (nSPS) is 11.5. The van der Waals surface area contributed by atoms with Crippen molar-refractivity contribution in [2.45, 2.75) is 19.5 Å². The standard InChI is InChI=1S/C24H20F3N3O2S/c1-14-13-17(24(25,26)27)19-20(28)21(33-23(19)30-14)22(31)29-12-11-15-7-5-6-10-18(15)32-16-8-3-2-4-9-16/h2-10,13H,11-12,28H2,1H3,(H,29,31). The van der Waals surface area contributed by atoms with E-state index >= 15 is 0 Å². The number of amides is 1. The molecule has 0 aliphatic carbocycles. The highest BCUT2D eigenvalue weighted by atomic mass is 32.1. The van der Waals surface area contributed by atoms with Crippen LogP contribution >= 0.6 is 11.3 Å². The number of hydrogen-bond acceptors (Lipinski definition) is 5. The maximum atomic E-state index is 13.5. The highest BCUT2D eigenvalue weighted by Crippen LogP contribution is 2.42. The number of hydrogen-bond donors (Lipinski definition) is 2. The number of alkyl halides is 3. The van der Waals surface area contributed by atoms with Gasteiger partial charge in [-0.1, -0.05) is 36.4 Å². The van der Waals surface area contributed by atoms with Crippen LogP contribution in [0.2, 0.25) is 0 Å². The quantitative estimate of drug-likeness (QED) is 0.363. The molecule has 0 aliphatic rings. The summed E-state index contributed by atoms with van der Waals surface area (Å²) in [5, 5.41) is 2.51. The largest absolute Gasteiger partial charge is 0.457 e. The molecule has 0 fully saturated rings. The van der Waals surface area contributed by atoms with Crippen molar-refractivity contribution in [1.82, 2.24) is 10.3 Å². The van der Waals surface area contributed by atoms with E-state index in [1.807, 2.05) is 54.6 Å². The molecule has 170 valence electrons. The maximum absolute atomic E-state index is 13.5. The number of anilines is 1. The molecule has 2 aromatic heterocycles. The number of para-hydroxylation sites is 2. The summed E-state index contributed by atoms with van der Waals surface area (Å²) >= 11 is 0.855.